The highest BCUT2D eigenvalue weighted by atomic mass is 32.2. The van der Waals surface area contributed by atoms with Gasteiger partial charge in [0.15, 0.2) is 0 Å². The molecule has 0 bridgehead atoms. The minimum atomic E-state index is -3.35. The highest BCUT2D eigenvalue weighted by Gasteiger charge is 2.28. The Balaban J connectivity index is 2.57. The third kappa shape index (κ3) is 3.97. The lowest BCUT2D eigenvalue weighted by molar-refractivity contribution is 0.0422. The first kappa shape index (κ1) is 13.2. The summed E-state index contributed by atoms with van der Waals surface area (Å²) in [6, 6.07) is 0. The Kier molecular flexibility index (Phi) is 3.80. The van der Waals surface area contributed by atoms with Gasteiger partial charge in [-0.1, -0.05) is 0 Å². The number of hydrogen-bond acceptors (Lipinski definition) is 4. The van der Waals surface area contributed by atoms with Crippen LogP contribution < -0.4 is 5.43 Å². The number of hydrogen-bond donors (Lipinski definition) is 1. The number of amides is 1. The summed E-state index contributed by atoms with van der Waals surface area (Å²) < 4.78 is 29.0. The molecule has 94 valence electrons. The molecule has 1 fully saturated rings. The van der Waals surface area contributed by atoms with Crippen LogP contribution in [0.2, 0.25) is 0 Å². The maximum Gasteiger partial charge on any atom is 0.423 e. The summed E-state index contributed by atoms with van der Waals surface area (Å²) in [4.78, 5) is 11.4. The van der Waals surface area contributed by atoms with Crippen LogP contribution in [0.5, 0.6) is 0 Å². The van der Waals surface area contributed by atoms with Gasteiger partial charge in [0.2, 0.25) is 10.0 Å². The molecule has 1 heterocycles. The van der Waals surface area contributed by atoms with Crippen LogP contribution in [0.25, 0.3) is 0 Å². The van der Waals surface area contributed by atoms with Crippen molar-refractivity contribution < 1.29 is 17.9 Å². The Bertz CT molecular complexity index is 358. The number of nitrogens with zero attached hydrogens (tertiary/aromatic N) is 1. The molecule has 16 heavy (non-hydrogen) atoms. The molecule has 0 spiro atoms. The van der Waals surface area contributed by atoms with E-state index < -0.39 is 21.7 Å². The fraction of sp³-hybridized carbons (Fsp3) is 0.889. The van der Waals surface area contributed by atoms with Crippen LogP contribution in [0, 0.1) is 0 Å². The number of rotatable bonds is 1. The Hall–Kier alpha value is -0.820. The number of nitrogens with one attached hydrogen (secondary N) is 1. The van der Waals surface area contributed by atoms with Crippen molar-refractivity contribution in [2.45, 2.75) is 39.2 Å². The first-order chi connectivity index (χ1) is 7.21. The lowest BCUT2D eigenvalue weighted by Gasteiger charge is -2.28. The fourth-order valence-electron chi connectivity index (χ4n) is 1.32. The van der Waals surface area contributed by atoms with Gasteiger partial charge in [0.05, 0.1) is 5.75 Å². The van der Waals surface area contributed by atoms with E-state index in [4.69, 9.17) is 4.74 Å². The normalized spacial score (nSPS) is 21.4. The molecule has 1 aliphatic rings. The zero-order valence-electron chi connectivity index (χ0n) is 9.82. The molecule has 0 aromatic heterocycles. The average molecular weight is 250 g/mol. The summed E-state index contributed by atoms with van der Waals surface area (Å²) in [5.41, 5.74) is 1.61. The van der Waals surface area contributed by atoms with Crippen molar-refractivity contribution in [3.8, 4) is 0 Å². The van der Waals surface area contributed by atoms with Crippen LogP contribution in [0.1, 0.15) is 33.6 Å². The van der Waals surface area contributed by atoms with Gasteiger partial charge in [-0.15, -0.1) is 4.41 Å². The van der Waals surface area contributed by atoms with Gasteiger partial charge in [0.1, 0.15) is 5.60 Å². The van der Waals surface area contributed by atoms with Gasteiger partial charge in [-0.25, -0.2) is 18.6 Å². The smallest absolute Gasteiger partial charge is 0.423 e. The van der Waals surface area contributed by atoms with Crippen LogP contribution >= 0.6 is 0 Å². The van der Waals surface area contributed by atoms with Crippen molar-refractivity contribution >= 4 is 16.1 Å². The molecular formula is C9H18N2O4S. The number of sulfonamides is 1. The largest absolute Gasteiger partial charge is 0.443 e. The van der Waals surface area contributed by atoms with E-state index in [-0.39, 0.29) is 5.75 Å². The Labute approximate surface area is 96.0 Å². The van der Waals surface area contributed by atoms with Crippen molar-refractivity contribution in [2.24, 2.45) is 0 Å². The van der Waals surface area contributed by atoms with E-state index in [9.17, 15) is 13.2 Å². The quantitative estimate of drug-likeness (QED) is 0.748. The van der Waals surface area contributed by atoms with Crippen molar-refractivity contribution in [3.05, 3.63) is 0 Å². The van der Waals surface area contributed by atoms with Crippen LogP contribution in [-0.4, -0.2) is 36.8 Å². The lowest BCUT2D eigenvalue weighted by atomic mass is 10.2. The summed E-state index contributed by atoms with van der Waals surface area (Å²) in [6.07, 6.45) is 0.641. The standard InChI is InChI=1S/C9H18N2O4S/c1-9(2,3)15-8(12)10-11-6-4-5-7-16(11,13)14/h4-7H2,1-3H3,(H,10,12). The van der Waals surface area contributed by atoms with Crippen molar-refractivity contribution in [3.63, 3.8) is 0 Å². The molecular weight excluding hydrogens is 232 g/mol. The van der Waals surface area contributed by atoms with Gasteiger partial charge in [-0.2, -0.15) is 0 Å². The van der Waals surface area contributed by atoms with Gasteiger partial charge in [-0.05, 0) is 33.6 Å². The van der Waals surface area contributed by atoms with Gasteiger partial charge in [0, 0.05) is 6.54 Å². The summed E-state index contributed by atoms with van der Waals surface area (Å²) in [7, 11) is -3.35. The second kappa shape index (κ2) is 4.58. The Morgan fingerprint density at radius 1 is 1.31 bits per heavy atom. The predicted octanol–water partition coefficient (Wildman–Crippen LogP) is 0.852. The summed E-state index contributed by atoms with van der Waals surface area (Å²) in [5.74, 6) is 0.0722. The number of ether oxygens (including phenoxy) is 1. The number of carbonyl (C=O) groups excluding carboxylic acids is 1. The molecule has 0 atom stereocenters. The van der Waals surface area contributed by atoms with E-state index in [1.165, 1.54) is 0 Å². The highest BCUT2D eigenvalue weighted by Crippen LogP contribution is 2.12. The van der Waals surface area contributed by atoms with E-state index in [0.29, 0.717) is 13.0 Å². The summed E-state index contributed by atoms with van der Waals surface area (Å²) >= 11 is 0. The third-order valence-corrected chi connectivity index (χ3v) is 3.71. The Morgan fingerprint density at radius 3 is 2.44 bits per heavy atom. The lowest BCUT2D eigenvalue weighted by Crippen LogP contribution is -2.50. The van der Waals surface area contributed by atoms with Crippen LogP contribution in [0.3, 0.4) is 0 Å². The second-order valence-corrected chi connectivity index (χ2v) is 6.72. The van der Waals surface area contributed by atoms with Crippen LogP contribution in [0.15, 0.2) is 0 Å². The molecule has 0 aromatic rings. The number of carbonyl (C=O) groups is 1. The highest BCUT2D eigenvalue weighted by molar-refractivity contribution is 7.89. The molecule has 1 N–H and O–H groups in total. The fourth-order valence-corrected chi connectivity index (χ4v) is 2.73. The molecule has 1 aliphatic heterocycles. The maximum absolute atomic E-state index is 11.5. The molecule has 0 aliphatic carbocycles. The van der Waals surface area contributed by atoms with Gasteiger partial charge in [0.25, 0.3) is 0 Å². The zero-order chi connectivity index (χ0) is 12.4. The van der Waals surface area contributed by atoms with Crippen LogP contribution in [-0.2, 0) is 14.8 Å². The molecule has 0 radical (unpaired) electrons. The minimum Gasteiger partial charge on any atom is -0.443 e. The number of hydrazine groups is 1. The van der Waals surface area contributed by atoms with Crippen LogP contribution in [0.4, 0.5) is 4.79 Å². The first-order valence-electron chi connectivity index (χ1n) is 5.21. The SMILES string of the molecule is CC(C)(C)OC(=O)NN1CCCCS1(=O)=O. The van der Waals surface area contributed by atoms with E-state index in [1.807, 2.05) is 0 Å². The molecule has 6 nitrogen and oxygen atoms in total. The molecule has 1 saturated heterocycles. The zero-order valence-corrected chi connectivity index (χ0v) is 10.6. The summed E-state index contributed by atoms with van der Waals surface area (Å²) in [5, 5.41) is 0. The van der Waals surface area contributed by atoms with Crippen molar-refractivity contribution in [1.29, 1.82) is 0 Å². The van der Waals surface area contributed by atoms with Gasteiger partial charge in [-0.3, -0.25) is 0 Å². The van der Waals surface area contributed by atoms with Gasteiger partial charge >= 0.3 is 6.09 Å². The monoisotopic (exact) mass is 250 g/mol. The van der Waals surface area contributed by atoms with Crippen molar-refractivity contribution in [1.82, 2.24) is 9.84 Å². The molecule has 0 saturated carbocycles. The van der Waals surface area contributed by atoms with E-state index in [2.05, 4.69) is 5.43 Å². The minimum absolute atomic E-state index is 0.0722. The van der Waals surface area contributed by atoms with Crippen molar-refractivity contribution in [2.75, 3.05) is 12.3 Å². The average Bonchev–Trinajstić information content (AvgIpc) is 2.05. The Morgan fingerprint density at radius 2 is 1.94 bits per heavy atom. The molecule has 1 amide bonds. The molecule has 0 unspecified atom stereocenters. The topological polar surface area (TPSA) is 75.7 Å². The van der Waals surface area contributed by atoms with Gasteiger partial charge < -0.3 is 4.74 Å². The molecule has 7 heteroatoms. The predicted molar refractivity (Wildman–Crippen MR) is 59.1 cm³/mol. The second-order valence-electron chi connectivity index (χ2n) is 4.71. The van der Waals surface area contributed by atoms with E-state index in [0.717, 1.165) is 10.8 Å². The maximum atomic E-state index is 11.5. The molecule has 1 rings (SSSR count). The third-order valence-electron chi connectivity index (χ3n) is 1.96. The first-order valence-corrected chi connectivity index (χ1v) is 6.82. The molecule has 0 aromatic carbocycles. The summed E-state index contributed by atoms with van der Waals surface area (Å²) in [6.45, 7) is 5.47. The van der Waals surface area contributed by atoms with E-state index >= 15 is 0 Å². The van der Waals surface area contributed by atoms with E-state index in [1.54, 1.807) is 20.8 Å².